The van der Waals surface area contributed by atoms with Gasteiger partial charge in [-0.25, -0.2) is 18.2 Å². The summed E-state index contributed by atoms with van der Waals surface area (Å²) < 4.78 is 71.5. The lowest BCUT2D eigenvalue weighted by Gasteiger charge is -2.21. The number of alkyl halides is 3. The van der Waals surface area contributed by atoms with E-state index < -0.39 is 33.3 Å². The molecule has 38 heavy (non-hydrogen) atoms. The van der Waals surface area contributed by atoms with E-state index in [1.165, 1.54) is 25.2 Å². The topological polar surface area (TPSA) is 101 Å². The summed E-state index contributed by atoms with van der Waals surface area (Å²) in [5.74, 6) is -0.364. The van der Waals surface area contributed by atoms with E-state index >= 15 is 0 Å². The molecular weight excluding hydrogens is 521 g/mol. The van der Waals surface area contributed by atoms with E-state index in [4.69, 9.17) is 4.74 Å². The number of esters is 1. The fraction of sp³-hybridized carbons (Fsp3) is 0.308. The molecule has 3 rings (SSSR count). The van der Waals surface area contributed by atoms with E-state index in [0.29, 0.717) is 28.7 Å². The average Bonchev–Trinajstić information content (AvgIpc) is 2.80. The first-order chi connectivity index (χ1) is 17.5. The Morgan fingerprint density at radius 1 is 1.05 bits per heavy atom. The van der Waals surface area contributed by atoms with Crippen LogP contribution in [-0.4, -0.2) is 38.3 Å². The van der Waals surface area contributed by atoms with Gasteiger partial charge in [0.1, 0.15) is 11.4 Å². The van der Waals surface area contributed by atoms with E-state index in [2.05, 4.69) is 15.6 Å². The molecule has 1 heterocycles. The zero-order valence-corrected chi connectivity index (χ0v) is 22.4. The molecule has 0 atom stereocenters. The molecule has 2 aromatic carbocycles. The first kappa shape index (κ1) is 28.8. The zero-order valence-electron chi connectivity index (χ0n) is 21.6. The van der Waals surface area contributed by atoms with Gasteiger partial charge in [-0.1, -0.05) is 18.2 Å². The summed E-state index contributed by atoms with van der Waals surface area (Å²) in [4.78, 5) is 16.1. The van der Waals surface area contributed by atoms with Crippen molar-refractivity contribution in [3.8, 4) is 0 Å². The number of anilines is 4. The summed E-state index contributed by atoms with van der Waals surface area (Å²) in [5.41, 5.74) is -0.218. The summed E-state index contributed by atoms with van der Waals surface area (Å²) >= 11 is 0. The van der Waals surface area contributed by atoms with Crippen molar-refractivity contribution in [2.24, 2.45) is 0 Å². The molecule has 0 aliphatic heterocycles. The van der Waals surface area contributed by atoms with Gasteiger partial charge in [0.15, 0.2) is 0 Å². The molecule has 0 spiro atoms. The largest absolute Gasteiger partial charge is 0.456 e. The van der Waals surface area contributed by atoms with Gasteiger partial charge in [-0.2, -0.15) is 13.2 Å². The lowest BCUT2D eigenvalue weighted by Crippen LogP contribution is -2.26. The third-order valence-corrected chi connectivity index (χ3v) is 6.49. The Morgan fingerprint density at radius 2 is 1.68 bits per heavy atom. The predicted molar refractivity (Wildman–Crippen MR) is 141 cm³/mol. The number of hydrogen-bond donors (Lipinski definition) is 2. The van der Waals surface area contributed by atoms with Crippen LogP contribution in [0.15, 0.2) is 60.8 Å². The normalized spacial score (nSPS) is 12.1. The number of nitrogens with one attached hydrogen (secondary N) is 2. The number of carbonyl (C=O) groups is 1. The van der Waals surface area contributed by atoms with Gasteiger partial charge in [0, 0.05) is 31.5 Å². The molecule has 3 aromatic rings. The van der Waals surface area contributed by atoms with Gasteiger partial charge in [-0.15, -0.1) is 0 Å². The van der Waals surface area contributed by atoms with Gasteiger partial charge in [0.05, 0.1) is 28.8 Å². The van der Waals surface area contributed by atoms with Crippen molar-refractivity contribution in [1.29, 1.82) is 0 Å². The maximum absolute atomic E-state index is 13.7. The lowest BCUT2D eigenvalue weighted by atomic mass is 10.1. The van der Waals surface area contributed by atoms with E-state index in [1.54, 1.807) is 57.2 Å². The molecule has 0 aliphatic rings. The Kier molecular flexibility index (Phi) is 8.25. The molecule has 12 heteroatoms. The molecule has 0 saturated heterocycles. The minimum absolute atomic E-state index is 0.0762. The monoisotopic (exact) mass is 550 g/mol. The highest BCUT2D eigenvalue weighted by Crippen LogP contribution is 2.36. The van der Waals surface area contributed by atoms with Crippen LogP contribution in [0.2, 0.25) is 0 Å². The van der Waals surface area contributed by atoms with Crippen molar-refractivity contribution in [2.75, 3.05) is 28.2 Å². The van der Waals surface area contributed by atoms with Crippen molar-refractivity contribution in [3.05, 3.63) is 77.5 Å². The number of aromatic nitrogens is 1. The first-order valence-corrected chi connectivity index (χ1v) is 13.3. The second-order valence-electron chi connectivity index (χ2n) is 9.53. The maximum Gasteiger partial charge on any atom is 0.419 e. The third kappa shape index (κ3) is 7.60. The fourth-order valence-electron chi connectivity index (χ4n) is 3.41. The molecule has 0 bridgehead atoms. The highest BCUT2D eigenvalue weighted by Gasteiger charge is 2.34. The van der Waals surface area contributed by atoms with Crippen LogP contribution in [-0.2, 0) is 27.5 Å². The predicted octanol–water partition coefficient (Wildman–Crippen LogP) is 5.81. The first-order valence-electron chi connectivity index (χ1n) is 11.5. The number of hydrogen-bond acceptors (Lipinski definition) is 7. The Bertz CT molecular complexity index is 1400. The van der Waals surface area contributed by atoms with Crippen LogP contribution in [0.3, 0.4) is 0 Å². The smallest absolute Gasteiger partial charge is 0.419 e. The molecule has 0 saturated carbocycles. The molecule has 0 radical (unpaired) electrons. The minimum atomic E-state index is -4.67. The van der Waals surface area contributed by atoms with Gasteiger partial charge in [-0.3, -0.25) is 4.31 Å². The van der Waals surface area contributed by atoms with Crippen LogP contribution in [0.25, 0.3) is 0 Å². The zero-order chi connectivity index (χ0) is 28.3. The highest BCUT2D eigenvalue weighted by atomic mass is 32.2. The van der Waals surface area contributed by atoms with E-state index in [0.717, 1.165) is 10.6 Å². The van der Waals surface area contributed by atoms with Gasteiger partial charge in [0.2, 0.25) is 10.0 Å². The number of carbonyl (C=O) groups excluding carboxylic acids is 1. The van der Waals surface area contributed by atoms with E-state index in [1.807, 2.05) is 0 Å². The molecule has 2 N–H and O–H groups in total. The summed E-state index contributed by atoms with van der Waals surface area (Å²) in [6.45, 7) is 5.19. The summed E-state index contributed by atoms with van der Waals surface area (Å²) in [7, 11) is -2.20. The molecule has 204 valence electrons. The molecule has 1 aromatic heterocycles. The van der Waals surface area contributed by atoms with Crippen molar-refractivity contribution in [2.45, 2.75) is 39.1 Å². The van der Waals surface area contributed by atoms with Gasteiger partial charge in [0.25, 0.3) is 0 Å². The second kappa shape index (κ2) is 10.9. The third-order valence-electron chi connectivity index (χ3n) is 5.30. The number of nitrogens with zero attached hydrogens (tertiary/aromatic N) is 2. The Hall–Kier alpha value is -3.80. The maximum atomic E-state index is 13.7. The van der Waals surface area contributed by atoms with Gasteiger partial charge in [-0.05, 0) is 56.7 Å². The SMILES string of the molecule is CN(c1ccccc1CNc1cc(Nc2ccc(C(=O)OC(C)(C)C)cc2)ncc1C(F)(F)F)S(C)(=O)=O. The quantitative estimate of drug-likeness (QED) is 0.342. The summed E-state index contributed by atoms with van der Waals surface area (Å²) in [6, 6.07) is 14.0. The molecular formula is C26H29F3N4O4S. The van der Waals surface area contributed by atoms with E-state index in [9.17, 15) is 26.4 Å². The van der Waals surface area contributed by atoms with Gasteiger partial charge >= 0.3 is 12.1 Å². The molecule has 0 fully saturated rings. The standard InChI is InChI=1S/C26H29F3N4O4S/c1-25(2,3)37-24(34)17-10-12-19(13-11-17)32-23-14-21(20(16-31-23)26(27,28)29)30-15-18-8-6-7-9-22(18)33(4)38(5,35)36/h6-14,16H,15H2,1-5H3,(H2,30,31,32). The number of ether oxygens (including phenoxy) is 1. The number of benzene rings is 2. The van der Waals surface area contributed by atoms with Crippen LogP contribution >= 0.6 is 0 Å². The number of sulfonamides is 1. The molecule has 8 nitrogen and oxygen atoms in total. The molecule has 0 unspecified atom stereocenters. The van der Waals surface area contributed by atoms with Crippen LogP contribution < -0.4 is 14.9 Å². The van der Waals surface area contributed by atoms with Crippen LogP contribution in [0, 0.1) is 0 Å². The van der Waals surface area contributed by atoms with Crippen molar-refractivity contribution < 1.29 is 31.1 Å². The number of pyridine rings is 1. The minimum Gasteiger partial charge on any atom is -0.456 e. The summed E-state index contributed by atoms with van der Waals surface area (Å²) in [6.07, 6.45) is -2.92. The Morgan fingerprint density at radius 3 is 2.26 bits per heavy atom. The molecule has 0 aliphatic carbocycles. The number of para-hydroxylation sites is 1. The Balaban J connectivity index is 1.84. The molecule has 0 amide bonds. The van der Waals surface area contributed by atoms with Crippen molar-refractivity contribution >= 4 is 38.9 Å². The van der Waals surface area contributed by atoms with Crippen LogP contribution in [0.4, 0.5) is 36.1 Å². The fourth-order valence-corrected chi connectivity index (χ4v) is 3.94. The van der Waals surface area contributed by atoms with Gasteiger partial charge < -0.3 is 15.4 Å². The lowest BCUT2D eigenvalue weighted by molar-refractivity contribution is -0.137. The Labute approximate surface area is 219 Å². The highest BCUT2D eigenvalue weighted by molar-refractivity contribution is 7.92. The second-order valence-corrected chi connectivity index (χ2v) is 11.5. The van der Waals surface area contributed by atoms with Crippen molar-refractivity contribution in [3.63, 3.8) is 0 Å². The number of rotatable bonds is 8. The van der Waals surface area contributed by atoms with Crippen molar-refractivity contribution in [1.82, 2.24) is 4.98 Å². The van der Waals surface area contributed by atoms with E-state index in [-0.39, 0.29) is 18.1 Å². The summed E-state index contributed by atoms with van der Waals surface area (Å²) in [5, 5.41) is 5.70. The average molecular weight is 551 g/mol. The van der Waals surface area contributed by atoms with Crippen LogP contribution in [0.1, 0.15) is 42.3 Å². The number of halogens is 3. The van der Waals surface area contributed by atoms with Crippen LogP contribution in [0.5, 0.6) is 0 Å².